The summed E-state index contributed by atoms with van der Waals surface area (Å²) in [4.78, 5) is 15.0. The van der Waals surface area contributed by atoms with Gasteiger partial charge in [-0.3, -0.25) is 4.79 Å². The molecule has 0 aliphatic heterocycles. The molecule has 0 amide bonds. The highest BCUT2D eigenvalue weighted by atomic mass is 16.1. The first-order chi connectivity index (χ1) is 7.36. The molecule has 76 valence electrons. The number of carbonyl (C=O) groups excluding carboxylic acids is 1. The van der Waals surface area contributed by atoms with Crippen LogP contribution in [0.15, 0.2) is 36.8 Å². The number of aryl methyl sites for hydroxylation is 1. The number of benzene rings is 1. The van der Waals surface area contributed by atoms with E-state index in [2.05, 4.69) is 11.9 Å². The Morgan fingerprint density at radius 3 is 2.93 bits per heavy atom. The van der Waals surface area contributed by atoms with Crippen molar-refractivity contribution in [3.8, 4) is 11.3 Å². The molecule has 3 heteroatoms. The maximum Gasteiger partial charge on any atom is 0.150 e. The van der Waals surface area contributed by atoms with Gasteiger partial charge in [0, 0.05) is 17.7 Å². The number of carbonyl (C=O) groups is 1. The van der Waals surface area contributed by atoms with Crippen molar-refractivity contribution < 1.29 is 4.79 Å². The lowest BCUT2D eigenvalue weighted by atomic mass is 10.1. The number of hydrogen-bond acceptors (Lipinski definition) is 2. The molecule has 2 aromatic rings. The van der Waals surface area contributed by atoms with E-state index in [0.717, 1.165) is 24.1 Å². The molecule has 1 aromatic carbocycles. The van der Waals surface area contributed by atoms with Crippen LogP contribution >= 0.6 is 0 Å². The van der Waals surface area contributed by atoms with Gasteiger partial charge in [0.15, 0.2) is 6.29 Å². The fraction of sp³-hybridized carbons (Fsp3) is 0.167. The van der Waals surface area contributed by atoms with E-state index >= 15 is 0 Å². The zero-order valence-electron chi connectivity index (χ0n) is 8.55. The fourth-order valence-corrected chi connectivity index (χ4v) is 1.63. The standard InChI is InChI=1S/C12H12N2O/c1-2-14-9-13-7-12(14)11-6-4-3-5-10(11)8-15/h3-9H,2H2,1H3. The summed E-state index contributed by atoms with van der Waals surface area (Å²) in [5.74, 6) is 0. The van der Waals surface area contributed by atoms with E-state index < -0.39 is 0 Å². The van der Waals surface area contributed by atoms with Crippen LogP contribution in [0.2, 0.25) is 0 Å². The lowest BCUT2D eigenvalue weighted by Gasteiger charge is -2.06. The zero-order chi connectivity index (χ0) is 10.7. The Bertz CT molecular complexity index is 474. The molecule has 0 radical (unpaired) electrons. The van der Waals surface area contributed by atoms with Crippen molar-refractivity contribution in [1.82, 2.24) is 9.55 Å². The molecule has 0 N–H and O–H groups in total. The van der Waals surface area contributed by atoms with Gasteiger partial charge < -0.3 is 4.57 Å². The third kappa shape index (κ3) is 1.68. The van der Waals surface area contributed by atoms with E-state index in [-0.39, 0.29) is 0 Å². The molecule has 0 fully saturated rings. The Labute approximate surface area is 88.4 Å². The number of rotatable bonds is 3. The minimum Gasteiger partial charge on any atom is -0.331 e. The molecule has 0 bridgehead atoms. The van der Waals surface area contributed by atoms with Crippen molar-refractivity contribution in [3.63, 3.8) is 0 Å². The summed E-state index contributed by atoms with van der Waals surface area (Å²) < 4.78 is 2.02. The summed E-state index contributed by atoms with van der Waals surface area (Å²) >= 11 is 0. The predicted octanol–water partition coefficient (Wildman–Crippen LogP) is 2.38. The predicted molar refractivity (Wildman–Crippen MR) is 58.7 cm³/mol. The van der Waals surface area contributed by atoms with Crippen LogP contribution in [0.3, 0.4) is 0 Å². The third-order valence-corrected chi connectivity index (χ3v) is 2.42. The second kappa shape index (κ2) is 4.09. The van der Waals surface area contributed by atoms with Crippen molar-refractivity contribution in [3.05, 3.63) is 42.4 Å². The smallest absolute Gasteiger partial charge is 0.150 e. The normalized spacial score (nSPS) is 10.2. The molecule has 0 aliphatic rings. The molecule has 1 heterocycles. The van der Waals surface area contributed by atoms with E-state index in [0.29, 0.717) is 5.56 Å². The molecule has 0 unspecified atom stereocenters. The van der Waals surface area contributed by atoms with E-state index in [1.54, 1.807) is 12.5 Å². The summed E-state index contributed by atoms with van der Waals surface area (Å²) in [6.45, 7) is 2.90. The van der Waals surface area contributed by atoms with Gasteiger partial charge >= 0.3 is 0 Å². The first-order valence-corrected chi connectivity index (χ1v) is 4.91. The highest BCUT2D eigenvalue weighted by Crippen LogP contribution is 2.21. The number of imidazole rings is 1. The molecule has 1 aromatic heterocycles. The first-order valence-electron chi connectivity index (χ1n) is 4.91. The summed E-state index contributed by atoms with van der Waals surface area (Å²) in [5.41, 5.74) is 2.62. The van der Waals surface area contributed by atoms with Gasteiger partial charge in [0.1, 0.15) is 0 Å². The Balaban J connectivity index is 2.58. The largest absolute Gasteiger partial charge is 0.331 e. The van der Waals surface area contributed by atoms with Gasteiger partial charge in [0.05, 0.1) is 18.2 Å². The van der Waals surface area contributed by atoms with Gasteiger partial charge in [0.2, 0.25) is 0 Å². The van der Waals surface area contributed by atoms with Gasteiger partial charge in [-0.1, -0.05) is 24.3 Å². The second-order valence-corrected chi connectivity index (χ2v) is 3.27. The monoisotopic (exact) mass is 200 g/mol. The summed E-state index contributed by atoms with van der Waals surface area (Å²) in [6, 6.07) is 7.54. The molecule has 2 rings (SSSR count). The summed E-state index contributed by atoms with van der Waals surface area (Å²) in [7, 11) is 0. The summed E-state index contributed by atoms with van der Waals surface area (Å²) in [5, 5.41) is 0. The van der Waals surface area contributed by atoms with Gasteiger partial charge in [0.25, 0.3) is 0 Å². The number of aromatic nitrogens is 2. The van der Waals surface area contributed by atoms with E-state index in [1.165, 1.54) is 0 Å². The number of nitrogens with zero attached hydrogens (tertiary/aromatic N) is 2. The van der Waals surface area contributed by atoms with Crippen molar-refractivity contribution in [1.29, 1.82) is 0 Å². The van der Waals surface area contributed by atoms with Crippen molar-refractivity contribution in [2.45, 2.75) is 13.5 Å². The van der Waals surface area contributed by atoms with Crippen LogP contribution in [0.4, 0.5) is 0 Å². The molecule has 0 aliphatic carbocycles. The fourth-order valence-electron chi connectivity index (χ4n) is 1.63. The maximum atomic E-state index is 10.9. The first kappa shape index (κ1) is 9.65. The highest BCUT2D eigenvalue weighted by molar-refractivity contribution is 5.86. The second-order valence-electron chi connectivity index (χ2n) is 3.27. The van der Waals surface area contributed by atoms with Crippen LogP contribution in [-0.2, 0) is 6.54 Å². The molecule has 0 spiro atoms. The van der Waals surface area contributed by atoms with Crippen molar-refractivity contribution in [2.24, 2.45) is 0 Å². The number of hydrogen-bond donors (Lipinski definition) is 0. The van der Waals surface area contributed by atoms with E-state index in [4.69, 9.17) is 0 Å². The van der Waals surface area contributed by atoms with Crippen LogP contribution in [-0.4, -0.2) is 15.8 Å². The molecule has 0 atom stereocenters. The minimum atomic E-state index is 0.702. The average Bonchev–Trinajstić information content (AvgIpc) is 2.76. The van der Waals surface area contributed by atoms with Gasteiger partial charge in [-0.15, -0.1) is 0 Å². The Hall–Kier alpha value is -1.90. The molecule has 0 saturated heterocycles. The van der Waals surface area contributed by atoms with Gasteiger partial charge in [-0.25, -0.2) is 4.98 Å². The van der Waals surface area contributed by atoms with Crippen LogP contribution in [0, 0.1) is 0 Å². The SMILES string of the molecule is CCn1cncc1-c1ccccc1C=O. The molecule has 0 saturated carbocycles. The Morgan fingerprint density at radius 1 is 1.40 bits per heavy atom. The van der Waals surface area contributed by atoms with Crippen LogP contribution in [0.25, 0.3) is 11.3 Å². The highest BCUT2D eigenvalue weighted by Gasteiger charge is 2.07. The Morgan fingerprint density at radius 2 is 2.20 bits per heavy atom. The van der Waals surface area contributed by atoms with Crippen LogP contribution in [0.1, 0.15) is 17.3 Å². The van der Waals surface area contributed by atoms with E-state index in [1.807, 2.05) is 28.8 Å². The quantitative estimate of drug-likeness (QED) is 0.713. The van der Waals surface area contributed by atoms with Gasteiger partial charge in [-0.2, -0.15) is 0 Å². The number of aldehydes is 1. The van der Waals surface area contributed by atoms with E-state index in [9.17, 15) is 4.79 Å². The van der Waals surface area contributed by atoms with Crippen molar-refractivity contribution >= 4 is 6.29 Å². The average molecular weight is 200 g/mol. The van der Waals surface area contributed by atoms with Crippen LogP contribution in [0.5, 0.6) is 0 Å². The molecule has 15 heavy (non-hydrogen) atoms. The van der Waals surface area contributed by atoms with Gasteiger partial charge in [-0.05, 0) is 6.92 Å². The lowest BCUT2D eigenvalue weighted by molar-refractivity contribution is 0.112. The lowest BCUT2D eigenvalue weighted by Crippen LogP contribution is -1.97. The topological polar surface area (TPSA) is 34.9 Å². The summed E-state index contributed by atoms with van der Waals surface area (Å²) in [6.07, 6.45) is 4.44. The van der Waals surface area contributed by atoms with Crippen molar-refractivity contribution in [2.75, 3.05) is 0 Å². The molecule has 3 nitrogen and oxygen atoms in total. The minimum absolute atomic E-state index is 0.702. The Kier molecular flexibility index (Phi) is 2.63. The molecular weight excluding hydrogens is 188 g/mol. The zero-order valence-corrected chi connectivity index (χ0v) is 8.55. The maximum absolute atomic E-state index is 10.9. The third-order valence-electron chi connectivity index (χ3n) is 2.42. The molecular formula is C12H12N2O. The van der Waals surface area contributed by atoms with Crippen LogP contribution < -0.4 is 0 Å².